The zero-order valence-electron chi connectivity index (χ0n) is 6.11. The van der Waals surface area contributed by atoms with Crippen molar-refractivity contribution in [2.45, 2.75) is 0 Å². The van der Waals surface area contributed by atoms with Gasteiger partial charge in [-0.2, -0.15) is 0 Å². The molecule has 66 valence electrons. The third kappa shape index (κ3) is 1.86. The van der Waals surface area contributed by atoms with E-state index in [0.29, 0.717) is 5.69 Å². The van der Waals surface area contributed by atoms with Crippen LogP contribution in [0.15, 0.2) is 18.2 Å². The zero-order valence-corrected chi connectivity index (χ0v) is 6.11. The van der Waals surface area contributed by atoms with E-state index in [4.69, 9.17) is 15.9 Å². The molecule has 0 aliphatic rings. The highest BCUT2D eigenvalue weighted by Crippen LogP contribution is 2.18. The van der Waals surface area contributed by atoms with Gasteiger partial charge in [0.15, 0.2) is 0 Å². The molecule has 0 unspecified atom stereocenters. The second-order valence-electron chi connectivity index (χ2n) is 2.08. The maximum atomic E-state index is 10.4. The van der Waals surface area contributed by atoms with Crippen molar-refractivity contribution in [1.82, 2.24) is 0 Å². The molecule has 5 heteroatoms. The highest BCUT2D eigenvalue weighted by Gasteiger charge is 2.08. The Kier molecular flexibility index (Phi) is 3.06. The molecule has 0 bridgehead atoms. The Morgan fingerprint density at radius 1 is 1.42 bits per heavy atom. The monoisotopic (exact) mass is 171 g/mol. The number of carboxylic acid groups (broad SMARTS) is 1. The van der Waals surface area contributed by atoms with Gasteiger partial charge in [0.2, 0.25) is 0 Å². The summed E-state index contributed by atoms with van der Waals surface area (Å²) in [6.45, 7) is 0. The molecular weight excluding hydrogens is 162 g/mol. The van der Waals surface area contributed by atoms with Crippen molar-refractivity contribution in [1.29, 1.82) is 0 Å². The Balaban J connectivity index is 0.00000121. The Hall–Kier alpha value is -1.75. The first-order chi connectivity index (χ1) is 5.11. The number of aromatic carboxylic acids is 1. The molecule has 0 aromatic heterocycles. The standard InChI is InChI=1S/C7H7NO3.H2O/c8-4-1-2-6(9)5(3-4)7(10)11;/h1-3,9H,8H2,(H,10,11);1H2. The van der Waals surface area contributed by atoms with Crippen molar-refractivity contribution in [3.05, 3.63) is 23.8 Å². The maximum Gasteiger partial charge on any atom is 0.339 e. The van der Waals surface area contributed by atoms with Gasteiger partial charge in [-0.05, 0) is 18.2 Å². The summed E-state index contributed by atoms with van der Waals surface area (Å²) >= 11 is 0. The molecule has 6 N–H and O–H groups in total. The van der Waals surface area contributed by atoms with Crippen molar-refractivity contribution in [2.24, 2.45) is 0 Å². The first-order valence-corrected chi connectivity index (χ1v) is 2.93. The third-order valence-electron chi connectivity index (χ3n) is 1.25. The molecule has 0 amide bonds. The molecule has 1 aromatic carbocycles. The number of rotatable bonds is 1. The fraction of sp³-hybridized carbons (Fsp3) is 0. The van der Waals surface area contributed by atoms with Crippen molar-refractivity contribution in [3.63, 3.8) is 0 Å². The number of nitrogen functional groups attached to an aromatic ring is 1. The molecule has 0 saturated carbocycles. The third-order valence-corrected chi connectivity index (χ3v) is 1.25. The van der Waals surface area contributed by atoms with Crippen molar-refractivity contribution >= 4 is 11.7 Å². The number of nitrogens with two attached hydrogens (primary N) is 1. The Morgan fingerprint density at radius 3 is 2.42 bits per heavy atom. The molecule has 0 aliphatic heterocycles. The summed E-state index contributed by atoms with van der Waals surface area (Å²) in [5.41, 5.74) is 5.43. The van der Waals surface area contributed by atoms with E-state index in [9.17, 15) is 4.79 Å². The lowest BCUT2D eigenvalue weighted by Crippen LogP contribution is -1.97. The largest absolute Gasteiger partial charge is 0.507 e. The van der Waals surface area contributed by atoms with Gasteiger partial charge >= 0.3 is 5.97 Å². The smallest absolute Gasteiger partial charge is 0.339 e. The molecule has 1 aromatic rings. The van der Waals surface area contributed by atoms with Crippen LogP contribution in [0, 0.1) is 0 Å². The van der Waals surface area contributed by atoms with Crippen molar-refractivity contribution in [2.75, 3.05) is 5.73 Å². The molecule has 0 radical (unpaired) electrons. The molecule has 0 spiro atoms. The number of benzene rings is 1. The lowest BCUT2D eigenvalue weighted by Gasteiger charge is -1.98. The number of carbonyl (C=O) groups is 1. The highest BCUT2D eigenvalue weighted by atomic mass is 16.4. The van der Waals surface area contributed by atoms with Crippen LogP contribution in [0.25, 0.3) is 0 Å². The highest BCUT2D eigenvalue weighted by molar-refractivity contribution is 5.91. The summed E-state index contributed by atoms with van der Waals surface area (Å²) in [6.07, 6.45) is 0. The average molecular weight is 171 g/mol. The lowest BCUT2D eigenvalue weighted by atomic mass is 10.2. The predicted octanol–water partition coefficient (Wildman–Crippen LogP) is -0.152. The molecule has 5 nitrogen and oxygen atoms in total. The SMILES string of the molecule is Nc1ccc(O)c(C(=O)O)c1.O. The van der Waals surface area contributed by atoms with Crippen LogP contribution in [-0.4, -0.2) is 21.7 Å². The molecule has 12 heavy (non-hydrogen) atoms. The van der Waals surface area contributed by atoms with Crippen molar-refractivity contribution < 1.29 is 20.5 Å². The second kappa shape index (κ2) is 3.59. The summed E-state index contributed by atoms with van der Waals surface area (Å²) in [6, 6.07) is 3.89. The molecule has 1 rings (SSSR count). The van der Waals surface area contributed by atoms with Gasteiger partial charge in [0.05, 0.1) is 0 Å². The fourth-order valence-corrected chi connectivity index (χ4v) is 0.725. The zero-order chi connectivity index (χ0) is 8.43. The van der Waals surface area contributed by atoms with Gasteiger partial charge < -0.3 is 21.4 Å². The summed E-state index contributed by atoms with van der Waals surface area (Å²) in [5.74, 6) is -1.46. The first kappa shape index (κ1) is 10.2. The minimum Gasteiger partial charge on any atom is -0.507 e. The van der Waals surface area contributed by atoms with E-state index in [2.05, 4.69) is 0 Å². The summed E-state index contributed by atoms with van der Waals surface area (Å²) in [7, 11) is 0. The van der Waals surface area contributed by atoms with Crippen LogP contribution >= 0.6 is 0 Å². The summed E-state index contributed by atoms with van der Waals surface area (Å²) < 4.78 is 0. The molecule has 0 heterocycles. The summed E-state index contributed by atoms with van der Waals surface area (Å²) in [5, 5.41) is 17.4. The second-order valence-corrected chi connectivity index (χ2v) is 2.08. The fourth-order valence-electron chi connectivity index (χ4n) is 0.725. The van der Waals surface area contributed by atoms with E-state index in [-0.39, 0.29) is 16.8 Å². The molecule has 0 saturated heterocycles. The van der Waals surface area contributed by atoms with Gasteiger partial charge in [0.1, 0.15) is 11.3 Å². The molecule has 0 aliphatic carbocycles. The van der Waals surface area contributed by atoms with Gasteiger partial charge in [-0.15, -0.1) is 0 Å². The average Bonchev–Trinajstić information content (AvgIpc) is 1.94. The van der Waals surface area contributed by atoms with Gasteiger partial charge in [-0.25, -0.2) is 4.79 Å². The predicted molar refractivity (Wildman–Crippen MR) is 43.1 cm³/mol. The Morgan fingerprint density at radius 2 is 2.00 bits per heavy atom. The van der Waals surface area contributed by atoms with Crippen LogP contribution in [0.3, 0.4) is 0 Å². The number of carboxylic acids is 1. The number of aromatic hydroxyl groups is 1. The van der Waals surface area contributed by atoms with E-state index in [0.717, 1.165) is 0 Å². The van der Waals surface area contributed by atoms with Crippen LogP contribution in [0.2, 0.25) is 0 Å². The van der Waals surface area contributed by atoms with Crippen LogP contribution in [0.1, 0.15) is 10.4 Å². The quantitative estimate of drug-likeness (QED) is 0.402. The first-order valence-electron chi connectivity index (χ1n) is 2.93. The van der Waals surface area contributed by atoms with Gasteiger partial charge in [0.25, 0.3) is 0 Å². The molecule has 0 fully saturated rings. The number of phenols is 1. The van der Waals surface area contributed by atoms with E-state index >= 15 is 0 Å². The number of hydrogen-bond donors (Lipinski definition) is 3. The Bertz CT molecular complexity index is 297. The number of hydrogen-bond acceptors (Lipinski definition) is 3. The number of anilines is 1. The van der Waals surface area contributed by atoms with E-state index in [1.165, 1.54) is 18.2 Å². The van der Waals surface area contributed by atoms with Crippen LogP contribution < -0.4 is 5.73 Å². The minimum absolute atomic E-state index is 0. The normalized spacial score (nSPS) is 8.67. The van der Waals surface area contributed by atoms with Crippen LogP contribution in [0.4, 0.5) is 5.69 Å². The van der Waals surface area contributed by atoms with E-state index in [1.54, 1.807) is 0 Å². The van der Waals surface area contributed by atoms with Crippen LogP contribution in [0.5, 0.6) is 5.75 Å². The maximum absolute atomic E-state index is 10.4. The van der Waals surface area contributed by atoms with E-state index in [1.807, 2.05) is 0 Å². The van der Waals surface area contributed by atoms with Gasteiger partial charge in [-0.1, -0.05) is 0 Å². The van der Waals surface area contributed by atoms with Crippen molar-refractivity contribution in [3.8, 4) is 5.75 Å². The topological polar surface area (TPSA) is 115 Å². The molecular formula is C7H9NO4. The summed E-state index contributed by atoms with van der Waals surface area (Å²) in [4.78, 5) is 10.4. The van der Waals surface area contributed by atoms with Gasteiger partial charge in [0, 0.05) is 5.69 Å². The lowest BCUT2D eigenvalue weighted by molar-refractivity contribution is 0.0694. The minimum atomic E-state index is -1.19. The Labute approximate surface area is 68.4 Å². The molecule has 0 atom stereocenters. The van der Waals surface area contributed by atoms with E-state index < -0.39 is 5.97 Å². The van der Waals surface area contributed by atoms with Crippen LogP contribution in [-0.2, 0) is 0 Å². The van der Waals surface area contributed by atoms with Gasteiger partial charge in [-0.3, -0.25) is 0 Å².